The van der Waals surface area contributed by atoms with Gasteiger partial charge in [-0.1, -0.05) is 18.2 Å². The Morgan fingerprint density at radius 3 is 2.78 bits per heavy atom. The summed E-state index contributed by atoms with van der Waals surface area (Å²) < 4.78 is 11.5. The van der Waals surface area contributed by atoms with Gasteiger partial charge in [0.15, 0.2) is 5.78 Å². The molecule has 0 radical (unpaired) electrons. The van der Waals surface area contributed by atoms with Crippen LogP contribution in [0.1, 0.15) is 41.1 Å². The third kappa shape index (κ3) is 4.21. The summed E-state index contributed by atoms with van der Waals surface area (Å²) in [6, 6.07) is 11.4. The molecule has 0 aliphatic heterocycles. The normalized spacial score (nSPS) is 27.1. The molecular weight excluding hydrogens is 366 g/mol. The van der Waals surface area contributed by atoms with E-state index < -0.39 is 6.10 Å². The Hall–Kier alpha value is -1.82. The summed E-state index contributed by atoms with van der Waals surface area (Å²) in [5.41, 5.74) is 0.734. The first-order valence-electron chi connectivity index (χ1n) is 9.38. The van der Waals surface area contributed by atoms with Gasteiger partial charge in [0.05, 0.1) is 5.56 Å². The van der Waals surface area contributed by atoms with Crippen molar-refractivity contribution in [1.29, 1.82) is 0 Å². The molecule has 4 atom stereocenters. The molecule has 1 fully saturated rings. The van der Waals surface area contributed by atoms with Crippen LogP contribution < -0.4 is 10.1 Å². The Balaban J connectivity index is 0.00000210. The average Bonchev–Trinajstić information content (AvgIpc) is 3.19. The molecule has 2 aliphatic carbocycles. The molecule has 27 heavy (non-hydrogen) atoms. The second kappa shape index (κ2) is 8.46. The van der Waals surface area contributed by atoms with Gasteiger partial charge >= 0.3 is 0 Å². The molecule has 2 N–H and O–H groups in total. The van der Waals surface area contributed by atoms with Gasteiger partial charge in [-0.05, 0) is 44.4 Å². The maximum absolute atomic E-state index is 12.6. The third-order valence-corrected chi connectivity index (χ3v) is 5.50. The lowest BCUT2D eigenvalue weighted by Crippen LogP contribution is -2.44. The molecule has 6 heteroatoms. The van der Waals surface area contributed by atoms with Gasteiger partial charge in [-0.15, -0.1) is 12.4 Å². The van der Waals surface area contributed by atoms with Crippen molar-refractivity contribution in [2.45, 2.75) is 50.9 Å². The first-order chi connectivity index (χ1) is 12.6. The standard InChI is InChI=1S/C21H25NO4.ClH/c1-13-11-16-18(25-13)9-7-14(20(16)23)12-22-17-8-10-19(21(17)24)26-15-5-3-2-4-6-15;/h2-6,11,14,17,19,21-22,24H,7-10,12H2,1H3;1H/t14?,17-,19-,21+;/m1./s1. The summed E-state index contributed by atoms with van der Waals surface area (Å²) in [6.45, 7) is 2.46. The second-order valence-corrected chi connectivity index (χ2v) is 7.35. The number of para-hydroxylation sites is 1. The van der Waals surface area contributed by atoms with E-state index in [1.807, 2.05) is 43.3 Å². The van der Waals surface area contributed by atoms with Crippen LogP contribution in [0.15, 0.2) is 40.8 Å². The van der Waals surface area contributed by atoms with Gasteiger partial charge in [0.2, 0.25) is 0 Å². The summed E-state index contributed by atoms with van der Waals surface area (Å²) in [5.74, 6) is 2.49. The predicted octanol–water partition coefficient (Wildman–Crippen LogP) is 3.32. The van der Waals surface area contributed by atoms with Crippen molar-refractivity contribution in [3.05, 3.63) is 53.5 Å². The molecule has 1 heterocycles. The van der Waals surface area contributed by atoms with Crippen LogP contribution in [0.2, 0.25) is 0 Å². The highest BCUT2D eigenvalue weighted by atomic mass is 35.5. The minimum atomic E-state index is -0.569. The van der Waals surface area contributed by atoms with Gasteiger partial charge in [-0.25, -0.2) is 0 Å². The lowest BCUT2D eigenvalue weighted by Gasteiger charge is -2.25. The Kier molecular flexibility index (Phi) is 6.25. The fourth-order valence-corrected chi connectivity index (χ4v) is 4.07. The monoisotopic (exact) mass is 391 g/mol. The highest BCUT2D eigenvalue weighted by Gasteiger charge is 2.37. The van der Waals surface area contributed by atoms with Gasteiger partial charge in [0.1, 0.15) is 29.5 Å². The average molecular weight is 392 g/mol. The van der Waals surface area contributed by atoms with E-state index in [0.29, 0.717) is 6.54 Å². The van der Waals surface area contributed by atoms with Crippen LogP contribution in [-0.2, 0) is 6.42 Å². The van der Waals surface area contributed by atoms with Gasteiger partial charge in [-0.2, -0.15) is 0 Å². The zero-order valence-electron chi connectivity index (χ0n) is 15.4. The molecule has 4 rings (SSSR count). The molecule has 1 aromatic heterocycles. The molecule has 2 aromatic rings. The first kappa shape index (κ1) is 19.9. The van der Waals surface area contributed by atoms with Crippen molar-refractivity contribution in [2.24, 2.45) is 5.92 Å². The summed E-state index contributed by atoms with van der Waals surface area (Å²) in [6.07, 6.45) is 2.46. The highest BCUT2D eigenvalue weighted by Crippen LogP contribution is 2.29. The number of aliphatic hydroxyl groups is 1. The molecule has 5 nitrogen and oxygen atoms in total. The number of halogens is 1. The highest BCUT2D eigenvalue weighted by molar-refractivity contribution is 6.00. The largest absolute Gasteiger partial charge is 0.488 e. The summed E-state index contributed by atoms with van der Waals surface area (Å²) in [7, 11) is 0. The summed E-state index contributed by atoms with van der Waals surface area (Å²) >= 11 is 0. The van der Waals surface area contributed by atoms with Gasteiger partial charge < -0.3 is 19.6 Å². The number of Topliss-reactive ketones (excluding diaryl/α,β-unsaturated/α-hetero) is 1. The van der Waals surface area contributed by atoms with Gasteiger partial charge in [0.25, 0.3) is 0 Å². The van der Waals surface area contributed by atoms with Crippen LogP contribution in [0.5, 0.6) is 5.75 Å². The van der Waals surface area contributed by atoms with Crippen molar-refractivity contribution < 1.29 is 19.1 Å². The Bertz CT molecular complexity index is 776. The van der Waals surface area contributed by atoms with E-state index in [0.717, 1.165) is 48.5 Å². The van der Waals surface area contributed by atoms with Crippen molar-refractivity contribution in [3.8, 4) is 5.75 Å². The number of hydrogen-bond donors (Lipinski definition) is 2. The summed E-state index contributed by atoms with van der Waals surface area (Å²) in [4.78, 5) is 12.6. The van der Waals surface area contributed by atoms with Gasteiger partial charge in [-0.3, -0.25) is 4.79 Å². The smallest absolute Gasteiger partial charge is 0.170 e. The molecule has 0 spiro atoms. The van der Waals surface area contributed by atoms with Crippen LogP contribution in [-0.4, -0.2) is 35.7 Å². The molecule has 1 unspecified atom stereocenters. The number of aryl methyl sites for hydroxylation is 2. The number of rotatable bonds is 5. The van der Waals surface area contributed by atoms with E-state index in [4.69, 9.17) is 9.15 Å². The van der Waals surface area contributed by atoms with Crippen molar-refractivity contribution in [2.75, 3.05) is 6.54 Å². The van der Waals surface area contributed by atoms with E-state index in [1.54, 1.807) is 0 Å². The lowest BCUT2D eigenvalue weighted by molar-refractivity contribution is 0.0441. The van der Waals surface area contributed by atoms with Gasteiger partial charge in [0, 0.05) is 24.9 Å². The van der Waals surface area contributed by atoms with Crippen LogP contribution in [0.4, 0.5) is 0 Å². The van der Waals surface area contributed by atoms with E-state index in [9.17, 15) is 9.90 Å². The van der Waals surface area contributed by atoms with E-state index in [1.165, 1.54) is 0 Å². The molecule has 2 aliphatic rings. The van der Waals surface area contributed by atoms with E-state index in [2.05, 4.69) is 5.32 Å². The molecule has 1 saturated carbocycles. The Labute approximate surface area is 165 Å². The molecule has 0 amide bonds. The number of carbonyl (C=O) groups is 1. The fraction of sp³-hybridized carbons (Fsp3) is 0.476. The Morgan fingerprint density at radius 2 is 2.00 bits per heavy atom. The number of carbonyl (C=O) groups excluding carboxylic acids is 1. The van der Waals surface area contributed by atoms with Crippen LogP contribution >= 0.6 is 12.4 Å². The molecular formula is C21H26ClNO4. The van der Waals surface area contributed by atoms with Crippen LogP contribution in [0.3, 0.4) is 0 Å². The maximum atomic E-state index is 12.6. The van der Waals surface area contributed by atoms with Crippen LogP contribution in [0, 0.1) is 12.8 Å². The number of benzene rings is 1. The number of ether oxygens (including phenoxy) is 1. The topological polar surface area (TPSA) is 71.7 Å². The van der Waals surface area contributed by atoms with Crippen molar-refractivity contribution in [3.63, 3.8) is 0 Å². The number of hydrogen-bond acceptors (Lipinski definition) is 5. The van der Waals surface area contributed by atoms with Crippen molar-refractivity contribution in [1.82, 2.24) is 5.32 Å². The lowest BCUT2D eigenvalue weighted by atomic mass is 9.86. The zero-order valence-corrected chi connectivity index (χ0v) is 16.2. The number of furan rings is 1. The van der Waals surface area contributed by atoms with E-state index in [-0.39, 0.29) is 36.3 Å². The molecule has 0 saturated heterocycles. The van der Waals surface area contributed by atoms with E-state index >= 15 is 0 Å². The number of nitrogens with one attached hydrogen (secondary N) is 1. The Morgan fingerprint density at radius 1 is 1.22 bits per heavy atom. The SMILES string of the molecule is Cc1cc2c(o1)CCC(CN[C@@H]1CC[C@@H](Oc3ccccc3)[C@H]1O)C2=O.Cl. The predicted molar refractivity (Wildman–Crippen MR) is 105 cm³/mol. The zero-order chi connectivity index (χ0) is 18.1. The quantitative estimate of drug-likeness (QED) is 0.818. The number of ketones is 1. The minimum Gasteiger partial charge on any atom is -0.488 e. The minimum absolute atomic E-state index is 0. The van der Waals surface area contributed by atoms with Crippen molar-refractivity contribution >= 4 is 18.2 Å². The fourth-order valence-electron chi connectivity index (χ4n) is 4.07. The molecule has 0 bridgehead atoms. The molecule has 1 aromatic carbocycles. The van der Waals surface area contributed by atoms with Crippen LogP contribution in [0.25, 0.3) is 0 Å². The second-order valence-electron chi connectivity index (χ2n) is 7.35. The third-order valence-electron chi connectivity index (χ3n) is 5.50. The molecule has 146 valence electrons. The number of fused-ring (bicyclic) bond motifs is 1. The maximum Gasteiger partial charge on any atom is 0.170 e. The number of aliphatic hydroxyl groups excluding tert-OH is 1. The first-order valence-corrected chi connectivity index (χ1v) is 9.38. The summed E-state index contributed by atoms with van der Waals surface area (Å²) in [5, 5.41) is 14.0.